The predicted molar refractivity (Wildman–Crippen MR) is 10.2 cm³/mol. The fourth-order valence-corrected chi connectivity index (χ4v) is 0. The van der Waals surface area contributed by atoms with Crippen LogP contribution in [-0.4, -0.2) is 17.4 Å². The quantitative estimate of drug-likeness (QED) is 0.429. The van der Waals surface area contributed by atoms with E-state index in [0.29, 0.717) is 0 Å². The molecule has 0 rings (SSSR count). The molecule has 0 aromatic heterocycles. The molecule has 0 fully saturated rings. The van der Waals surface area contributed by atoms with Crippen molar-refractivity contribution in [1.82, 2.24) is 0 Å². The summed E-state index contributed by atoms with van der Waals surface area (Å²) in [6.07, 6.45) is 0. The van der Waals surface area contributed by atoms with Crippen LogP contribution in [0.5, 0.6) is 0 Å². The second-order valence-corrected chi connectivity index (χ2v) is 0.326. The molecule has 0 radical (unpaired) electrons. The first-order valence-corrected chi connectivity index (χ1v) is 0.752. The fraction of sp³-hybridized carbons (Fsp3) is 0. The summed E-state index contributed by atoms with van der Waals surface area (Å²) in [5.41, 5.74) is 0. The normalized spacial score (nSPS) is 3.38. The first-order chi connectivity index (χ1) is 1.73. The molecule has 8 heteroatoms. The van der Waals surface area contributed by atoms with E-state index in [1.165, 1.54) is 0 Å². The average molecular weight is 346 g/mol. The summed E-state index contributed by atoms with van der Waals surface area (Å²) in [7, 11) is -2.42. The predicted octanol–water partition coefficient (Wildman–Crippen LogP) is -11.7. The maximum atomic E-state index is 8.64. The molecule has 0 aromatic carbocycles. The molecular weight excluding hydrogens is 344 g/mol. The van der Waals surface area contributed by atoms with Crippen LogP contribution < -0.4 is 42.2 Å². The largest absolute Gasteiger partial charge is 4.00 e. The molecule has 8 heavy (non-hydrogen) atoms. The van der Waals surface area contributed by atoms with E-state index < -0.39 is 7.32 Å². The molecule has 48 valence electrons. The van der Waals surface area contributed by atoms with Gasteiger partial charge in [0, 0.05) is 0 Å². The van der Waals surface area contributed by atoms with Crippen LogP contribution in [0.2, 0.25) is 0 Å². The summed E-state index contributed by atoms with van der Waals surface area (Å²) in [4.78, 5) is 0. The zero-order valence-corrected chi connectivity index (χ0v) is 9.37. The molecule has 0 amide bonds. The van der Waals surface area contributed by atoms with E-state index in [0.717, 1.165) is 0 Å². The Balaban J connectivity index is -0.00000000750. The molecule has 0 aliphatic rings. The van der Waals surface area contributed by atoms with Gasteiger partial charge in [-0.15, -0.1) is 0 Å². The van der Waals surface area contributed by atoms with E-state index in [1.54, 1.807) is 0 Å². The molecule has 0 atom stereocenters. The summed E-state index contributed by atoms with van der Waals surface area (Å²) in [5, 5.41) is 22.8. The van der Waals surface area contributed by atoms with Crippen molar-refractivity contribution in [2.75, 3.05) is 0 Å². The Labute approximate surface area is 85.1 Å². The van der Waals surface area contributed by atoms with Gasteiger partial charge in [-0.25, -0.2) is 0 Å². The maximum absolute atomic E-state index is 8.64. The number of hydrogen-bond donors (Lipinski definition) is 2. The van der Waals surface area contributed by atoms with Crippen LogP contribution in [0.1, 0.15) is 0 Å². The van der Waals surface area contributed by atoms with Gasteiger partial charge in [0.05, 0.1) is 0 Å². The van der Waals surface area contributed by atoms with Crippen LogP contribution >= 0.6 is 0 Å². The summed E-state index contributed by atoms with van der Waals surface area (Å²) in [6.45, 7) is 0. The van der Waals surface area contributed by atoms with Gasteiger partial charge in [0.15, 0.2) is 0 Å². The van der Waals surface area contributed by atoms with Crippen LogP contribution in [0.3, 0.4) is 0 Å². The zero-order chi connectivity index (χ0) is 3.58. The Bertz CT molecular complexity index is 19.2. The van der Waals surface area contributed by atoms with Gasteiger partial charge < -0.3 is 52.3 Å². The molecule has 0 spiro atoms. The van der Waals surface area contributed by atoms with Crippen molar-refractivity contribution in [2.45, 2.75) is 0 Å². The van der Waals surface area contributed by atoms with Crippen LogP contribution in [0.25, 0.3) is 0 Å². The van der Waals surface area contributed by atoms with Gasteiger partial charge in [-0.2, -0.15) is 0 Å². The summed E-state index contributed by atoms with van der Waals surface area (Å²) in [5.74, 6) is 0. The zero-order valence-electron chi connectivity index (χ0n) is 3.51. The van der Waals surface area contributed by atoms with E-state index in [1.807, 2.05) is 0 Å². The van der Waals surface area contributed by atoms with Crippen LogP contribution in [0.4, 0.5) is 0 Å². The molecule has 0 heterocycles. The Hall–Kier alpha value is 1.69. The monoisotopic (exact) mass is 346 g/mol. The molecule has 0 saturated carbocycles. The van der Waals surface area contributed by atoms with Crippen molar-refractivity contribution in [2.24, 2.45) is 0 Å². The van der Waals surface area contributed by atoms with Crippen molar-refractivity contribution in [3.05, 3.63) is 0 Å². The molecule has 0 aromatic rings. The molecule has 2 N–H and O–H groups in total. The van der Waals surface area contributed by atoms with E-state index >= 15 is 0 Å². The minimum atomic E-state index is -2.42. The Morgan fingerprint density at radius 3 is 1.00 bits per heavy atom. The molecule has 0 bridgehead atoms. The third-order valence-electron chi connectivity index (χ3n) is 0. The van der Waals surface area contributed by atoms with Gasteiger partial charge in [0.25, 0.3) is 0 Å². The third-order valence-corrected chi connectivity index (χ3v) is 0. The van der Waals surface area contributed by atoms with Crippen LogP contribution in [0.15, 0.2) is 0 Å². The smallest absolute Gasteiger partial charge is 1.00 e. The SMILES string of the molecule is [Cl-].[Cl-].[Cl-].[Hf+4].[O-]B(O)O. The van der Waals surface area contributed by atoms with Crippen molar-refractivity contribution in [3.8, 4) is 0 Å². The van der Waals surface area contributed by atoms with Gasteiger partial charge in [-0.1, -0.05) is 0 Å². The standard InChI is InChI=1S/BH2O3.3ClH.Hf/c2-1(3)4;;;;/h2-3H;3*1H;/q-1;;;;+4/p-3. The van der Waals surface area contributed by atoms with E-state index in [-0.39, 0.29) is 63.1 Å². The first kappa shape index (κ1) is 33.3. The number of hydrogen-bond acceptors (Lipinski definition) is 3. The van der Waals surface area contributed by atoms with Gasteiger partial charge in [0.2, 0.25) is 0 Å². The maximum Gasteiger partial charge on any atom is 4.00 e. The third kappa shape index (κ3) is 121. The number of halogens is 3. The van der Waals surface area contributed by atoms with Crippen LogP contribution in [0, 0.1) is 0 Å². The Morgan fingerprint density at radius 1 is 1.00 bits per heavy atom. The second kappa shape index (κ2) is 23.4. The van der Waals surface area contributed by atoms with Gasteiger partial charge in [-0.3, -0.25) is 0 Å². The van der Waals surface area contributed by atoms with E-state index in [9.17, 15) is 0 Å². The minimum Gasteiger partial charge on any atom is -1.00 e. The van der Waals surface area contributed by atoms with Crippen molar-refractivity contribution < 1.29 is 78.1 Å². The fourth-order valence-electron chi connectivity index (χ4n) is 0. The van der Waals surface area contributed by atoms with Gasteiger partial charge in [-0.05, 0) is 0 Å². The average Bonchev–Trinajstić information content (AvgIpc) is 0.811. The Kier molecular flexibility index (Phi) is 97.2. The van der Waals surface area contributed by atoms with E-state index in [2.05, 4.69) is 0 Å². The molecule has 3 nitrogen and oxygen atoms in total. The van der Waals surface area contributed by atoms with E-state index in [4.69, 9.17) is 15.1 Å². The molecular formula is H2BCl3HfO3. The Morgan fingerprint density at radius 2 is 1.00 bits per heavy atom. The van der Waals surface area contributed by atoms with Crippen molar-refractivity contribution >= 4 is 7.32 Å². The summed E-state index contributed by atoms with van der Waals surface area (Å²) >= 11 is 0. The van der Waals surface area contributed by atoms with Crippen molar-refractivity contribution in [3.63, 3.8) is 0 Å². The topological polar surface area (TPSA) is 63.5 Å². The van der Waals surface area contributed by atoms with Crippen LogP contribution in [-0.2, 0) is 25.8 Å². The molecule has 0 aliphatic carbocycles. The minimum absolute atomic E-state index is 0. The molecule has 0 unspecified atom stereocenters. The van der Waals surface area contributed by atoms with Gasteiger partial charge in [0.1, 0.15) is 0 Å². The first-order valence-electron chi connectivity index (χ1n) is 0.752. The van der Waals surface area contributed by atoms with Gasteiger partial charge >= 0.3 is 33.2 Å². The number of rotatable bonds is 0. The second-order valence-electron chi connectivity index (χ2n) is 0.326. The summed E-state index contributed by atoms with van der Waals surface area (Å²) < 4.78 is 0. The molecule has 0 aliphatic heterocycles. The van der Waals surface area contributed by atoms with Crippen molar-refractivity contribution in [1.29, 1.82) is 0 Å². The molecule has 0 saturated heterocycles. The summed E-state index contributed by atoms with van der Waals surface area (Å²) in [6, 6.07) is 0.